The number of amides is 2. The number of aryl methyl sites for hydroxylation is 1. The van der Waals surface area contributed by atoms with Gasteiger partial charge in [0.15, 0.2) is 5.69 Å². The summed E-state index contributed by atoms with van der Waals surface area (Å²) in [5, 5.41) is 8.56. The van der Waals surface area contributed by atoms with Crippen LogP contribution >= 0.6 is 11.5 Å². The highest BCUT2D eigenvalue weighted by atomic mass is 32.1. The molecular formula is C22H25N5O2S. The van der Waals surface area contributed by atoms with Crippen LogP contribution in [0.25, 0.3) is 0 Å². The molecule has 2 amide bonds. The number of nitrogens with one attached hydrogen (secondary N) is 1. The van der Waals surface area contributed by atoms with E-state index in [9.17, 15) is 9.59 Å². The average molecular weight is 424 g/mol. The lowest BCUT2D eigenvalue weighted by Gasteiger charge is -2.34. The summed E-state index contributed by atoms with van der Waals surface area (Å²) in [5.74, 6) is -0.672. The maximum atomic E-state index is 13.6. The number of carbonyl (C=O) groups is 2. The zero-order chi connectivity index (χ0) is 21.9. The second-order valence-corrected chi connectivity index (χ2v) is 8.72. The van der Waals surface area contributed by atoms with Crippen molar-refractivity contribution in [1.29, 1.82) is 0 Å². The molecule has 1 aromatic carbocycles. The Morgan fingerprint density at radius 3 is 2.40 bits per heavy atom. The van der Waals surface area contributed by atoms with Gasteiger partial charge in [0.05, 0.1) is 0 Å². The summed E-state index contributed by atoms with van der Waals surface area (Å²) in [6.07, 6.45) is 3.23. The van der Waals surface area contributed by atoms with Crippen LogP contribution in [0.2, 0.25) is 0 Å². The first kappa shape index (κ1) is 21.6. The first-order chi connectivity index (χ1) is 14.2. The van der Waals surface area contributed by atoms with Gasteiger partial charge in [-0.3, -0.25) is 19.5 Å². The standard InChI is InChI=1S/C22H25N5O2S/c1-14-7-6-8-18(15(14)2)27(21(29)17-13-30-26-25-17)19(16-9-11-23-12-10-16)20(28)24-22(3,4)5/h6-13,19H,1-5H3,(H,24,28)/t19-/m1/s1. The number of hydrogen-bond donors (Lipinski definition) is 1. The second kappa shape index (κ2) is 8.71. The van der Waals surface area contributed by atoms with Crippen LogP contribution in [0.3, 0.4) is 0 Å². The van der Waals surface area contributed by atoms with Crippen LogP contribution in [0.15, 0.2) is 48.1 Å². The predicted octanol–water partition coefficient (Wildman–Crippen LogP) is 3.85. The molecule has 0 unspecified atom stereocenters. The SMILES string of the molecule is Cc1cccc(N(C(=O)c2csnn2)[C@@H](C(=O)NC(C)(C)C)c2ccncc2)c1C. The zero-order valence-electron chi connectivity index (χ0n) is 17.7. The molecule has 0 aliphatic heterocycles. The molecule has 0 saturated carbocycles. The lowest BCUT2D eigenvalue weighted by molar-refractivity contribution is -0.123. The summed E-state index contributed by atoms with van der Waals surface area (Å²) in [6.45, 7) is 9.63. The van der Waals surface area contributed by atoms with Crippen LogP contribution in [0, 0.1) is 13.8 Å². The molecule has 0 saturated heterocycles. The van der Waals surface area contributed by atoms with Crippen molar-refractivity contribution >= 4 is 29.0 Å². The third kappa shape index (κ3) is 4.71. The van der Waals surface area contributed by atoms with Gasteiger partial charge in [-0.15, -0.1) is 5.10 Å². The number of aromatic nitrogens is 3. The lowest BCUT2D eigenvalue weighted by atomic mass is 9.99. The van der Waals surface area contributed by atoms with Gasteiger partial charge in [0, 0.05) is 29.0 Å². The molecule has 2 aromatic heterocycles. The van der Waals surface area contributed by atoms with Crippen LogP contribution < -0.4 is 10.2 Å². The van der Waals surface area contributed by atoms with Crippen LogP contribution in [-0.4, -0.2) is 31.9 Å². The highest BCUT2D eigenvalue weighted by Gasteiger charge is 2.36. The van der Waals surface area contributed by atoms with Crippen molar-refractivity contribution < 1.29 is 9.59 Å². The Morgan fingerprint density at radius 1 is 1.10 bits per heavy atom. The molecule has 30 heavy (non-hydrogen) atoms. The van der Waals surface area contributed by atoms with Gasteiger partial charge in [0.2, 0.25) is 5.91 Å². The van der Waals surface area contributed by atoms with Crippen LogP contribution in [0.1, 0.15) is 54.0 Å². The molecule has 0 radical (unpaired) electrons. The third-order valence-electron chi connectivity index (χ3n) is 4.66. The number of pyridine rings is 1. The van der Waals surface area contributed by atoms with Crippen LogP contribution in [0.5, 0.6) is 0 Å². The van der Waals surface area contributed by atoms with E-state index >= 15 is 0 Å². The fourth-order valence-electron chi connectivity index (χ4n) is 3.14. The largest absolute Gasteiger partial charge is 0.349 e. The molecule has 2 heterocycles. The van der Waals surface area contributed by atoms with E-state index in [0.29, 0.717) is 11.3 Å². The Morgan fingerprint density at radius 2 is 1.80 bits per heavy atom. The van der Waals surface area contributed by atoms with Crippen LogP contribution in [0.4, 0.5) is 5.69 Å². The van der Waals surface area contributed by atoms with E-state index < -0.39 is 11.6 Å². The summed E-state index contributed by atoms with van der Waals surface area (Å²) < 4.78 is 3.83. The van der Waals surface area contributed by atoms with E-state index in [4.69, 9.17) is 0 Å². The highest BCUT2D eigenvalue weighted by Crippen LogP contribution is 2.33. The molecule has 1 atom stereocenters. The van der Waals surface area contributed by atoms with E-state index in [0.717, 1.165) is 22.7 Å². The maximum absolute atomic E-state index is 13.6. The van der Waals surface area contributed by atoms with E-state index in [2.05, 4.69) is 19.9 Å². The number of nitrogens with zero attached hydrogens (tertiary/aromatic N) is 4. The minimum absolute atomic E-state index is 0.198. The first-order valence-corrected chi connectivity index (χ1v) is 10.4. The smallest absolute Gasteiger partial charge is 0.280 e. The summed E-state index contributed by atoms with van der Waals surface area (Å²) in [7, 11) is 0. The van der Waals surface area contributed by atoms with Crippen molar-refractivity contribution in [2.24, 2.45) is 0 Å². The molecule has 7 nitrogen and oxygen atoms in total. The Labute approximate surface area is 180 Å². The lowest BCUT2D eigenvalue weighted by Crippen LogP contribution is -2.49. The topological polar surface area (TPSA) is 88.1 Å². The molecule has 3 rings (SSSR count). The predicted molar refractivity (Wildman–Crippen MR) is 118 cm³/mol. The van der Waals surface area contributed by atoms with Gasteiger partial charge in [-0.2, -0.15) is 0 Å². The van der Waals surface area contributed by atoms with E-state index in [1.54, 1.807) is 29.9 Å². The minimum Gasteiger partial charge on any atom is -0.349 e. The van der Waals surface area contributed by atoms with Gasteiger partial charge >= 0.3 is 0 Å². The number of rotatable bonds is 5. The van der Waals surface area contributed by atoms with Crippen molar-refractivity contribution in [3.8, 4) is 0 Å². The van der Waals surface area contributed by atoms with Crippen molar-refractivity contribution in [2.75, 3.05) is 4.90 Å². The summed E-state index contributed by atoms with van der Waals surface area (Å²) >= 11 is 1.09. The van der Waals surface area contributed by atoms with E-state index in [1.807, 2.05) is 52.8 Å². The Hall–Kier alpha value is -3.13. The van der Waals surface area contributed by atoms with Crippen molar-refractivity contribution in [1.82, 2.24) is 19.9 Å². The molecule has 156 valence electrons. The quantitative estimate of drug-likeness (QED) is 0.673. The molecule has 0 aliphatic rings. The molecule has 3 aromatic rings. The van der Waals surface area contributed by atoms with Gasteiger partial charge in [-0.05, 0) is 81.0 Å². The number of anilines is 1. The monoisotopic (exact) mass is 423 g/mol. The normalized spacial score (nSPS) is 12.3. The molecule has 0 fully saturated rings. The van der Waals surface area contributed by atoms with Crippen molar-refractivity contribution in [3.05, 3.63) is 70.5 Å². The van der Waals surface area contributed by atoms with Gasteiger partial charge < -0.3 is 5.32 Å². The summed E-state index contributed by atoms with van der Waals surface area (Å²) in [6, 6.07) is 8.29. The van der Waals surface area contributed by atoms with Gasteiger partial charge in [-0.1, -0.05) is 16.6 Å². The van der Waals surface area contributed by atoms with Gasteiger partial charge in [-0.25, -0.2) is 0 Å². The fraction of sp³-hybridized carbons (Fsp3) is 0.318. The zero-order valence-corrected chi connectivity index (χ0v) is 18.5. The van der Waals surface area contributed by atoms with E-state index in [-0.39, 0.29) is 17.5 Å². The second-order valence-electron chi connectivity index (χ2n) is 8.11. The van der Waals surface area contributed by atoms with Gasteiger partial charge in [0.1, 0.15) is 6.04 Å². The van der Waals surface area contributed by atoms with Crippen LogP contribution in [-0.2, 0) is 4.79 Å². The molecule has 0 bridgehead atoms. The maximum Gasteiger partial charge on any atom is 0.280 e. The van der Waals surface area contributed by atoms with Gasteiger partial charge in [0.25, 0.3) is 5.91 Å². The fourth-order valence-corrected chi connectivity index (χ4v) is 3.57. The molecule has 8 heteroatoms. The summed E-state index contributed by atoms with van der Waals surface area (Å²) in [4.78, 5) is 32.6. The number of carbonyl (C=O) groups excluding carboxylic acids is 2. The minimum atomic E-state index is -0.901. The molecule has 0 aliphatic carbocycles. The third-order valence-corrected chi connectivity index (χ3v) is 5.16. The van der Waals surface area contributed by atoms with Crippen molar-refractivity contribution in [3.63, 3.8) is 0 Å². The Kier molecular flexibility index (Phi) is 6.26. The number of hydrogen-bond acceptors (Lipinski definition) is 6. The highest BCUT2D eigenvalue weighted by molar-refractivity contribution is 7.03. The molecule has 1 N–H and O–H groups in total. The number of benzene rings is 1. The molecule has 0 spiro atoms. The Balaban J connectivity index is 2.22. The average Bonchev–Trinajstić information content (AvgIpc) is 3.22. The van der Waals surface area contributed by atoms with Crippen molar-refractivity contribution in [2.45, 2.75) is 46.2 Å². The first-order valence-electron chi connectivity index (χ1n) is 9.58. The molecular weight excluding hydrogens is 398 g/mol. The van der Waals surface area contributed by atoms with E-state index in [1.165, 1.54) is 4.90 Å². The Bertz CT molecular complexity index is 1030. The summed E-state index contributed by atoms with van der Waals surface area (Å²) in [5.41, 5.74) is 2.97.